The number of hydrogen-bond donors (Lipinski definition) is 2. The van der Waals surface area contributed by atoms with Gasteiger partial charge in [-0.05, 0) is 37.5 Å². The fourth-order valence-electron chi connectivity index (χ4n) is 2.77. The third kappa shape index (κ3) is 5.36. The van der Waals surface area contributed by atoms with Crippen molar-refractivity contribution in [2.75, 3.05) is 0 Å². The van der Waals surface area contributed by atoms with E-state index in [1.54, 1.807) is 31.2 Å². The van der Waals surface area contributed by atoms with Crippen molar-refractivity contribution in [3.63, 3.8) is 0 Å². The Morgan fingerprint density at radius 2 is 1.78 bits per heavy atom. The van der Waals surface area contributed by atoms with Gasteiger partial charge in [0.1, 0.15) is 0 Å². The minimum absolute atomic E-state index is 0.0739. The van der Waals surface area contributed by atoms with Crippen molar-refractivity contribution in [3.05, 3.63) is 35.4 Å². The van der Waals surface area contributed by atoms with Crippen LogP contribution < -0.4 is 5.32 Å². The van der Waals surface area contributed by atoms with Gasteiger partial charge in [-0.3, -0.25) is 4.79 Å². The highest BCUT2D eigenvalue weighted by Crippen LogP contribution is 2.17. The van der Waals surface area contributed by atoms with E-state index < -0.39 is 12.1 Å². The standard InChI is InChI=1S/C18H25NO4/c1-13(17(21)19-16-6-4-2-3-5-7-16)23-18(22)15-10-8-14(12-20)9-11-15/h8-11,13,16,20H,2-7,12H2,1H3,(H,19,21)/t13-/m1/s1. The summed E-state index contributed by atoms with van der Waals surface area (Å²) in [5, 5.41) is 12.0. The molecule has 1 saturated carbocycles. The molecular formula is C18H25NO4. The molecule has 2 rings (SSSR count). The highest BCUT2D eigenvalue weighted by Gasteiger charge is 2.22. The van der Waals surface area contributed by atoms with Crippen molar-refractivity contribution in [2.24, 2.45) is 0 Å². The molecule has 126 valence electrons. The van der Waals surface area contributed by atoms with Gasteiger partial charge in [0.15, 0.2) is 6.10 Å². The topological polar surface area (TPSA) is 75.6 Å². The number of amides is 1. The Kier molecular flexibility index (Phi) is 6.59. The van der Waals surface area contributed by atoms with Crippen LogP contribution in [0.4, 0.5) is 0 Å². The summed E-state index contributed by atoms with van der Waals surface area (Å²) in [6.45, 7) is 1.52. The molecule has 0 aliphatic heterocycles. The number of esters is 1. The molecule has 1 fully saturated rings. The van der Waals surface area contributed by atoms with E-state index in [1.165, 1.54) is 12.8 Å². The smallest absolute Gasteiger partial charge is 0.338 e. The molecule has 0 heterocycles. The van der Waals surface area contributed by atoms with Crippen LogP contribution in [0.1, 0.15) is 61.4 Å². The lowest BCUT2D eigenvalue weighted by atomic mass is 10.1. The lowest BCUT2D eigenvalue weighted by molar-refractivity contribution is -0.129. The highest BCUT2D eigenvalue weighted by atomic mass is 16.5. The second-order valence-corrected chi connectivity index (χ2v) is 6.10. The molecule has 0 spiro atoms. The predicted molar refractivity (Wildman–Crippen MR) is 86.9 cm³/mol. The molecule has 0 aromatic heterocycles. The average Bonchev–Trinajstić information content (AvgIpc) is 2.83. The van der Waals surface area contributed by atoms with Crippen LogP contribution in [0.3, 0.4) is 0 Å². The van der Waals surface area contributed by atoms with E-state index >= 15 is 0 Å². The Morgan fingerprint density at radius 3 is 2.35 bits per heavy atom. The molecule has 5 heteroatoms. The molecule has 0 radical (unpaired) electrons. The Morgan fingerprint density at radius 1 is 1.17 bits per heavy atom. The Bertz CT molecular complexity index is 518. The molecule has 0 saturated heterocycles. The average molecular weight is 319 g/mol. The summed E-state index contributed by atoms with van der Waals surface area (Å²) in [5.41, 5.74) is 1.09. The summed E-state index contributed by atoms with van der Waals surface area (Å²) >= 11 is 0. The second-order valence-electron chi connectivity index (χ2n) is 6.10. The number of carbonyl (C=O) groups is 2. The van der Waals surface area contributed by atoms with Gasteiger partial charge < -0.3 is 15.2 Å². The van der Waals surface area contributed by atoms with Gasteiger partial charge in [0, 0.05) is 6.04 Å². The molecule has 1 aliphatic carbocycles. The van der Waals surface area contributed by atoms with Gasteiger partial charge in [-0.25, -0.2) is 4.79 Å². The second kappa shape index (κ2) is 8.67. The zero-order valence-corrected chi connectivity index (χ0v) is 13.6. The zero-order valence-electron chi connectivity index (χ0n) is 13.6. The molecule has 2 N–H and O–H groups in total. The van der Waals surface area contributed by atoms with Gasteiger partial charge in [-0.1, -0.05) is 37.8 Å². The molecule has 1 amide bonds. The molecule has 5 nitrogen and oxygen atoms in total. The van der Waals surface area contributed by atoms with E-state index in [4.69, 9.17) is 9.84 Å². The number of rotatable bonds is 5. The SMILES string of the molecule is C[C@@H](OC(=O)c1ccc(CO)cc1)C(=O)NC1CCCCCC1. The van der Waals surface area contributed by atoms with Crippen molar-refractivity contribution in [1.82, 2.24) is 5.32 Å². The van der Waals surface area contributed by atoms with E-state index in [0.717, 1.165) is 31.2 Å². The lowest BCUT2D eigenvalue weighted by Crippen LogP contribution is -2.41. The van der Waals surface area contributed by atoms with Crippen molar-refractivity contribution in [2.45, 2.75) is 64.2 Å². The largest absolute Gasteiger partial charge is 0.449 e. The predicted octanol–water partition coefficient (Wildman–Crippen LogP) is 2.56. The first-order valence-electron chi connectivity index (χ1n) is 8.31. The van der Waals surface area contributed by atoms with Crippen LogP contribution >= 0.6 is 0 Å². The normalized spacial score (nSPS) is 17.1. The van der Waals surface area contributed by atoms with Crippen LogP contribution in [0, 0.1) is 0 Å². The zero-order chi connectivity index (χ0) is 16.7. The molecule has 23 heavy (non-hydrogen) atoms. The van der Waals surface area contributed by atoms with Gasteiger partial charge in [0.2, 0.25) is 0 Å². The quantitative estimate of drug-likeness (QED) is 0.646. The fourth-order valence-corrected chi connectivity index (χ4v) is 2.77. The first-order chi connectivity index (χ1) is 11.1. The van der Waals surface area contributed by atoms with Gasteiger partial charge in [0.25, 0.3) is 5.91 Å². The van der Waals surface area contributed by atoms with Crippen LogP contribution in [-0.2, 0) is 16.1 Å². The van der Waals surface area contributed by atoms with Gasteiger partial charge in [0.05, 0.1) is 12.2 Å². The summed E-state index contributed by atoms with van der Waals surface area (Å²) in [6, 6.07) is 6.68. The van der Waals surface area contributed by atoms with Gasteiger partial charge in [-0.2, -0.15) is 0 Å². The van der Waals surface area contributed by atoms with Crippen molar-refractivity contribution < 1.29 is 19.4 Å². The van der Waals surface area contributed by atoms with Crippen LogP contribution in [0.5, 0.6) is 0 Å². The van der Waals surface area contributed by atoms with Crippen LogP contribution in [-0.4, -0.2) is 29.1 Å². The van der Waals surface area contributed by atoms with Crippen LogP contribution in [0.15, 0.2) is 24.3 Å². The minimum Gasteiger partial charge on any atom is -0.449 e. The number of hydrogen-bond acceptors (Lipinski definition) is 4. The van der Waals surface area contributed by atoms with Crippen LogP contribution in [0.25, 0.3) is 0 Å². The molecule has 1 aliphatic rings. The minimum atomic E-state index is -0.816. The van der Waals surface area contributed by atoms with E-state index in [0.29, 0.717) is 5.56 Å². The summed E-state index contributed by atoms with van der Waals surface area (Å²) in [4.78, 5) is 24.2. The fraction of sp³-hybridized carbons (Fsp3) is 0.556. The molecule has 1 aromatic carbocycles. The molecular weight excluding hydrogens is 294 g/mol. The number of ether oxygens (including phenoxy) is 1. The van der Waals surface area contributed by atoms with Crippen molar-refractivity contribution in [1.29, 1.82) is 0 Å². The molecule has 0 unspecified atom stereocenters. The summed E-state index contributed by atoms with van der Waals surface area (Å²) < 4.78 is 5.23. The highest BCUT2D eigenvalue weighted by molar-refractivity contribution is 5.92. The summed E-state index contributed by atoms with van der Waals surface area (Å²) in [7, 11) is 0. The van der Waals surface area contributed by atoms with Crippen molar-refractivity contribution >= 4 is 11.9 Å². The molecule has 0 bridgehead atoms. The number of carbonyl (C=O) groups excluding carboxylic acids is 2. The first-order valence-corrected chi connectivity index (χ1v) is 8.31. The number of aliphatic hydroxyl groups is 1. The number of nitrogens with one attached hydrogen (secondary N) is 1. The van der Waals surface area contributed by atoms with E-state index in [-0.39, 0.29) is 18.6 Å². The van der Waals surface area contributed by atoms with E-state index in [2.05, 4.69) is 5.32 Å². The summed E-state index contributed by atoms with van der Waals surface area (Å²) in [5.74, 6) is -0.768. The lowest BCUT2D eigenvalue weighted by Gasteiger charge is -2.19. The monoisotopic (exact) mass is 319 g/mol. The van der Waals surface area contributed by atoms with E-state index in [1.807, 2.05) is 0 Å². The Labute approximate surface area is 137 Å². The number of benzene rings is 1. The summed E-state index contributed by atoms with van der Waals surface area (Å²) in [6.07, 6.45) is 5.89. The molecule has 1 aromatic rings. The maximum absolute atomic E-state index is 12.2. The Hall–Kier alpha value is -1.88. The van der Waals surface area contributed by atoms with Gasteiger partial charge >= 0.3 is 5.97 Å². The number of aliphatic hydroxyl groups excluding tert-OH is 1. The van der Waals surface area contributed by atoms with Gasteiger partial charge in [-0.15, -0.1) is 0 Å². The Balaban J connectivity index is 1.85. The van der Waals surface area contributed by atoms with E-state index in [9.17, 15) is 9.59 Å². The maximum Gasteiger partial charge on any atom is 0.338 e. The van der Waals surface area contributed by atoms with Crippen LogP contribution in [0.2, 0.25) is 0 Å². The first kappa shape index (κ1) is 17.5. The molecule has 1 atom stereocenters. The maximum atomic E-state index is 12.2. The van der Waals surface area contributed by atoms with Crippen molar-refractivity contribution in [3.8, 4) is 0 Å². The third-order valence-electron chi connectivity index (χ3n) is 4.23. The third-order valence-corrected chi connectivity index (χ3v) is 4.23.